The fourth-order valence-electron chi connectivity index (χ4n) is 1.65. The molecule has 0 aliphatic carbocycles. The number of nitrogens with zero attached hydrogens (tertiary/aromatic N) is 1. The van der Waals surface area contributed by atoms with Gasteiger partial charge in [0, 0.05) is 4.92 Å². The van der Waals surface area contributed by atoms with E-state index < -0.39 is 4.75 Å². The quantitative estimate of drug-likeness (QED) is 0.382. The Hall–Kier alpha value is -0.780. The standard InChI is InChI=1S/C11H21NO4S/c1-5-11(6-2,10(13)16-7-3)17-9(4)8-12(14)15/h9H,5-8H2,1-4H3. The van der Waals surface area contributed by atoms with Crippen molar-refractivity contribution in [2.24, 2.45) is 0 Å². The van der Waals surface area contributed by atoms with E-state index in [0.29, 0.717) is 19.4 Å². The summed E-state index contributed by atoms with van der Waals surface area (Å²) in [5, 5.41) is 10.2. The summed E-state index contributed by atoms with van der Waals surface area (Å²) in [7, 11) is 0. The van der Waals surface area contributed by atoms with Crippen LogP contribution >= 0.6 is 11.8 Å². The lowest BCUT2D eigenvalue weighted by Gasteiger charge is -2.30. The Morgan fingerprint density at radius 3 is 2.29 bits per heavy atom. The highest BCUT2D eigenvalue weighted by atomic mass is 32.2. The van der Waals surface area contributed by atoms with Crippen LogP contribution in [0.5, 0.6) is 0 Å². The van der Waals surface area contributed by atoms with Crippen LogP contribution in [0, 0.1) is 10.1 Å². The highest BCUT2D eigenvalue weighted by molar-refractivity contribution is 8.02. The molecule has 1 atom stereocenters. The van der Waals surface area contributed by atoms with Gasteiger partial charge in [-0.25, -0.2) is 0 Å². The van der Waals surface area contributed by atoms with Crippen LogP contribution in [0.1, 0.15) is 40.5 Å². The van der Waals surface area contributed by atoms with Crippen molar-refractivity contribution in [2.45, 2.75) is 50.5 Å². The van der Waals surface area contributed by atoms with Gasteiger partial charge in [0.2, 0.25) is 6.54 Å². The second kappa shape index (κ2) is 7.53. The molecule has 0 aromatic carbocycles. The Morgan fingerprint density at radius 2 is 1.94 bits per heavy atom. The lowest BCUT2D eigenvalue weighted by Crippen LogP contribution is -2.38. The Morgan fingerprint density at radius 1 is 1.41 bits per heavy atom. The highest BCUT2D eigenvalue weighted by Gasteiger charge is 2.39. The molecule has 0 N–H and O–H groups in total. The highest BCUT2D eigenvalue weighted by Crippen LogP contribution is 2.37. The molecule has 1 unspecified atom stereocenters. The van der Waals surface area contributed by atoms with Crippen molar-refractivity contribution in [3.63, 3.8) is 0 Å². The van der Waals surface area contributed by atoms with E-state index in [1.165, 1.54) is 11.8 Å². The second-order valence-electron chi connectivity index (χ2n) is 3.87. The Kier molecular flexibility index (Phi) is 7.18. The first-order chi connectivity index (χ1) is 7.91. The number of nitro groups is 1. The van der Waals surface area contributed by atoms with Gasteiger partial charge in [-0.3, -0.25) is 14.9 Å². The van der Waals surface area contributed by atoms with E-state index in [-0.39, 0.29) is 22.7 Å². The van der Waals surface area contributed by atoms with Crippen LogP contribution in [0.2, 0.25) is 0 Å². The zero-order valence-corrected chi connectivity index (χ0v) is 11.7. The lowest BCUT2D eigenvalue weighted by atomic mass is 10.0. The first kappa shape index (κ1) is 16.2. The zero-order chi connectivity index (χ0) is 13.5. The smallest absolute Gasteiger partial charge is 0.322 e. The van der Waals surface area contributed by atoms with E-state index in [2.05, 4.69) is 0 Å². The fourth-order valence-corrected chi connectivity index (χ4v) is 3.10. The Labute approximate surface area is 106 Å². The van der Waals surface area contributed by atoms with Gasteiger partial charge < -0.3 is 4.74 Å². The topological polar surface area (TPSA) is 69.4 Å². The number of hydrogen-bond acceptors (Lipinski definition) is 5. The van der Waals surface area contributed by atoms with Crippen LogP contribution in [-0.2, 0) is 9.53 Å². The molecule has 0 amide bonds. The Balaban J connectivity index is 4.70. The molecule has 0 spiro atoms. The minimum absolute atomic E-state index is 0.133. The predicted octanol–water partition coefficient (Wildman–Crippen LogP) is 2.51. The van der Waals surface area contributed by atoms with Crippen LogP contribution in [0.4, 0.5) is 0 Å². The van der Waals surface area contributed by atoms with Crippen molar-refractivity contribution >= 4 is 17.7 Å². The van der Waals surface area contributed by atoms with Crippen molar-refractivity contribution in [3.8, 4) is 0 Å². The molecule has 0 aromatic rings. The van der Waals surface area contributed by atoms with Crippen molar-refractivity contribution in [1.82, 2.24) is 0 Å². The van der Waals surface area contributed by atoms with E-state index in [0.717, 1.165) is 0 Å². The number of rotatable bonds is 8. The summed E-state index contributed by atoms with van der Waals surface area (Å²) in [6, 6.07) is 0. The fraction of sp³-hybridized carbons (Fsp3) is 0.909. The van der Waals surface area contributed by atoms with Gasteiger partial charge in [0.05, 0.1) is 11.9 Å². The summed E-state index contributed by atoms with van der Waals surface area (Å²) in [6.45, 7) is 7.56. The zero-order valence-electron chi connectivity index (χ0n) is 10.9. The summed E-state index contributed by atoms with van der Waals surface area (Å²) >= 11 is 1.35. The number of carbonyl (C=O) groups excluding carboxylic acids is 1. The molecule has 0 aliphatic rings. The molecule has 0 aromatic heterocycles. The van der Waals surface area contributed by atoms with Crippen LogP contribution in [0.15, 0.2) is 0 Å². The normalized spacial score (nSPS) is 13.2. The van der Waals surface area contributed by atoms with Gasteiger partial charge >= 0.3 is 5.97 Å². The first-order valence-electron chi connectivity index (χ1n) is 5.88. The predicted molar refractivity (Wildman–Crippen MR) is 68.9 cm³/mol. The summed E-state index contributed by atoms with van der Waals surface area (Å²) in [4.78, 5) is 22.0. The molecular formula is C11H21NO4S. The number of esters is 1. The lowest BCUT2D eigenvalue weighted by molar-refractivity contribution is -0.478. The molecule has 0 saturated heterocycles. The molecular weight excluding hydrogens is 242 g/mol. The molecule has 5 nitrogen and oxygen atoms in total. The minimum atomic E-state index is -0.647. The summed E-state index contributed by atoms with van der Waals surface area (Å²) in [5.74, 6) is -0.259. The third kappa shape index (κ3) is 4.93. The van der Waals surface area contributed by atoms with E-state index in [9.17, 15) is 14.9 Å². The summed E-state index contributed by atoms with van der Waals surface area (Å²) in [6.07, 6.45) is 1.24. The molecule has 17 heavy (non-hydrogen) atoms. The average Bonchev–Trinajstić information content (AvgIpc) is 2.25. The van der Waals surface area contributed by atoms with Gasteiger partial charge in [0.25, 0.3) is 0 Å². The van der Waals surface area contributed by atoms with Crippen LogP contribution < -0.4 is 0 Å². The minimum Gasteiger partial charge on any atom is -0.465 e. The second-order valence-corrected chi connectivity index (χ2v) is 5.69. The maximum absolute atomic E-state index is 11.9. The van der Waals surface area contributed by atoms with Gasteiger partial charge in [0.15, 0.2) is 0 Å². The van der Waals surface area contributed by atoms with Crippen LogP contribution in [0.3, 0.4) is 0 Å². The first-order valence-corrected chi connectivity index (χ1v) is 6.76. The molecule has 0 saturated carbocycles. The monoisotopic (exact) mass is 263 g/mol. The van der Waals surface area contributed by atoms with Crippen molar-refractivity contribution < 1.29 is 14.5 Å². The van der Waals surface area contributed by atoms with Crippen molar-refractivity contribution in [2.75, 3.05) is 13.2 Å². The number of thioether (sulfide) groups is 1. The van der Waals surface area contributed by atoms with E-state index in [1.54, 1.807) is 13.8 Å². The average molecular weight is 263 g/mol. The molecule has 0 aliphatic heterocycles. The third-order valence-electron chi connectivity index (χ3n) is 2.62. The van der Waals surface area contributed by atoms with E-state index >= 15 is 0 Å². The molecule has 0 heterocycles. The van der Waals surface area contributed by atoms with Gasteiger partial charge in [-0.1, -0.05) is 13.8 Å². The van der Waals surface area contributed by atoms with E-state index in [4.69, 9.17) is 4.74 Å². The van der Waals surface area contributed by atoms with Gasteiger partial charge in [-0.15, -0.1) is 11.8 Å². The maximum atomic E-state index is 11.9. The molecule has 100 valence electrons. The largest absolute Gasteiger partial charge is 0.465 e. The number of hydrogen-bond donors (Lipinski definition) is 0. The molecule has 6 heteroatoms. The molecule has 0 bridgehead atoms. The van der Waals surface area contributed by atoms with E-state index in [1.807, 2.05) is 13.8 Å². The SMILES string of the molecule is CCOC(=O)C(CC)(CC)SC(C)C[N+](=O)[O-]. The summed E-state index contributed by atoms with van der Waals surface area (Å²) < 4.78 is 4.42. The number of ether oxygens (including phenoxy) is 1. The third-order valence-corrected chi connectivity index (χ3v) is 4.37. The number of carbonyl (C=O) groups is 1. The maximum Gasteiger partial charge on any atom is 0.322 e. The molecule has 0 fully saturated rings. The molecule has 0 radical (unpaired) electrons. The van der Waals surface area contributed by atoms with Crippen LogP contribution in [-0.4, -0.2) is 34.0 Å². The van der Waals surface area contributed by atoms with Crippen LogP contribution in [0.25, 0.3) is 0 Å². The van der Waals surface area contributed by atoms with Crippen molar-refractivity contribution in [3.05, 3.63) is 10.1 Å². The summed E-state index contributed by atoms with van der Waals surface area (Å²) in [5.41, 5.74) is 0. The Bertz CT molecular complexity index is 266. The van der Waals surface area contributed by atoms with Crippen molar-refractivity contribution in [1.29, 1.82) is 0 Å². The molecule has 0 rings (SSSR count). The van der Waals surface area contributed by atoms with Gasteiger partial charge in [0.1, 0.15) is 4.75 Å². The van der Waals surface area contributed by atoms with Gasteiger partial charge in [-0.05, 0) is 26.7 Å². The van der Waals surface area contributed by atoms with Gasteiger partial charge in [-0.2, -0.15) is 0 Å².